The molecular formula is C5H7CrO2-2. The van der Waals surface area contributed by atoms with Crippen LogP contribution in [0.25, 0.3) is 0 Å². The van der Waals surface area contributed by atoms with Crippen LogP contribution >= 0.6 is 0 Å². The summed E-state index contributed by atoms with van der Waals surface area (Å²) in [4.78, 5) is 0. The summed E-state index contributed by atoms with van der Waals surface area (Å²) in [7, 11) is 0. The average molecular weight is 151 g/mol. The molecule has 0 aromatic carbocycles. The monoisotopic (exact) mass is 151 g/mol. The van der Waals surface area contributed by atoms with E-state index < -0.39 is 15.5 Å². The molecule has 0 aromatic rings. The van der Waals surface area contributed by atoms with Crippen molar-refractivity contribution < 1.29 is 23.4 Å². The minimum atomic E-state index is -1.62. The molecule has 0 aliphatic carbocycles. The standard InChI is InChI=1S/C5H7.Cr.2O/c1-3-5-4-2;;;/h1,3-5H,2H3;;;/q-1;;;-1/b5-4+;;;. The second kappa shape index (κ2) is 15.9. The SMILES string of the molecule is [CH-]=C/C=C/C.[O]=[Cr][O-]. The van der Waals surface area contributed by atoms with E-state index in [9.17, 15) is 0 Å². The van der Waals surface area contributed by atoms with Gasteiger partial charge in [-0.25, -0.2) is 12.2 Å². The zero-order valence-electron chi connectivity index (χ0n) is 4.53. The fourth-order valence-electron chi connectivity index (χ4n) is 0.111. The Hall–Kier alpha value is -0.228. The molecule has 0 amide bonds. The van der Waals surface area contributed by atoms with Crippen LogP contribution in [-0.2, 0) is 19.3 Å². The van der Waals surface area contributed by atoms with Crippen LogP contribution < -0.4 is 4.16 Å². The van der Waals surface area contributed by atoms with Gasteiger partial charge in [0.1, 0.15) is 0 Å². The maximum absolute atomic E-state index is 8.44. The summed E-state index contributed by atoms with van der Waals surface area (Å²) < 4.78 is 16.9. The molecule has 0 heterocycles. The fraction of sp³-hybridized carbons (Fsp3) is 0.200. The fourth-order valence-corrected chi connectivity index (χ4v) is 0.111. The van der Waals surface area contributed by atoms with Crippen LogP contribution in [0.5, 0.6) is 0 Å². The summed E-state index contributed by atoms with van der Waals surface area (Å²) in [5, 5.41) is 0. The van der Waals surface area contributed by atoms with Crippen molar-refractivity contribution in [1.82, 2.24) is 0 Å². The topological polar surface area (TPSA) is 40.1 Å². The molecule has 0 radical (unpaired) electrons. The molecule has 0 aromatic heterocycles. The Morgan fingerprint density at radius 1 is 1.75 bits per heavy atom. The molecule has 3 heteroatoms. The summed E-state index contributed by atoms with van der Waals surface area (Å²) in [5.41, 5.74) is 0. The van der Waals surface area contributed by atoms with Gasteiger partial charge in [-0.3, -0.25) is 6.58 Å². The van der Waals surface area contributed by atoms with Gasteiger partial charge in [-0.2, -0.15) is 6.08 Å². The Balaban J connectivity index is 0. The Morgan fingerprint density at radius 3 is 2.12 bits per heavy atom. The Morgan fingerprint density at radius 2 is 2.12 bits per heavy atom. The molecule has 0 N–H and O–H groups in total. The molecule has 0 saturated heterocycles. The molecule has 0 atom stereocenters. The van der Waals surface area contributed by atoms with Gasteiger partial charge in [0, 0.05) is 0 Å². The molecule has 0 spiro atoms. The van der Waals surface area contributed by atoms with E-state index in [4.69, 9.17) is 14.5 Å². The average Bonchev–Trinajstić information content (AvgIpc) is 1.71. The van der Waals surface area contributed by atoms with Gasteiger partial charge in [0.2, 0.25) is 0 Å². The van der Waals surface area contributed by atoms with Crippen molar-refractivity contribution in [3.8, 4) is 0 Å². The number of hydrogen-bond acceptors (Lipinski definition) is 2. The van der Waals surface area contributed by atoms with Crippen molar-refractivity contribution in [3.05, 3.63) is 24.8 Å². The van der Waals surface area contributed by atoms with E-state index in [-0.39, 0.29) is 0 Å². The van der Waals surface area contributed by atoms with E-state index in [2.05, 4.69) is 0 Å². The third-order valence-electron chi connectivity index (χ3n) is 0.304. The zero-order chi connectivity index (χ0) is 6.83. The number of hydrogen-bond donors (Lipinski definition) is 0. The summed E-state index contributed by atoms with van der Waals surface area (Å²) in [6.07, 6.45) is 5.15. The summed E-state index contributed by atoms with van der Waals surface area (Å²) in [5.74, 6) is 0. The van der Waals surface area contributed by atoms with Crippen molar-refractivity contribution >= 4 is 0 Å². The second-order valence-electron chi connectivity index (χ2n) is 0.786. The van der Waals surface area contributed by atoms with Crippen LogP contribution in [0.2, 0.25) is 0 Å². The van der Waals surface area contributed by atoms with Crippen LogP contribution in [0.4, 0.5) is 0 Å². The predicted octanol–water partition coefficient (Wildman–Crippen LogP) is 0.241. The zero-order valence-corrected chi connectivity index (χ0v) is 5.81. The van der Waals surface area contributed by atoms with E-state index in [1.807, 2.05) is 13.0 Å². The van der Waals surface area contributed by atoms with Gasteiger partial charge >= 0.3 is 23.4 Å². The summed E-state index contributed by atoms with van der Waals surface area (Å²) in [6, 6.07) is 0. The quantitative estimate of drug-likeness (QED) is 0.398. The van der Waals surface area contributed by atoms with Crippen LogP contribution in [0.1, 0.15) is 6.92 Å². The second-order valence-corrected chi connectivity index (χ2v) is 0.999. The Bertz CT molecular complexity index is 78.5. The van der Waals surface area contributed by atoms with Gasteiger partial charge in [0.25, 0.3) is 0 Å². The first-order valence-corrected chi connectivity index (χ1v) is 2.95. The molecule has 0 aliphatic rings. The van der Waals surface area contributed by atoms with Crippen molar-refractivity contribution in [3.63, 3.8) is 0 Å². The van der Waals surface area contributed by atoms with Gasteiger partial charge in [0.05, 0.1) is 0 Å². The normalized spacial score (nSPS) is 7.25. The Kier molecular flexibility index (Phi) is 21.2. The molecule has 0 unspecified atom stereocenters. The molecule has 0 rings (SSSR count). The van der Waals surface area contributed by atoms with Crippen LogP contribution in [0.15, 0.2) is 18.2 Å². The molecule has 8 heavy (non-hydrogen) atoms. The first-order chi connectivity index (χ1) is 3.83. The third kappa shape index (κ3) is 41.8. The van der Waals surface area contributed by atoms with Gasteiger partial charge in [-0.1, -0.05) is 6.92 Å². The van der Waals surface area contributed by atoms with Crippen molar-refractivity contribution in [2.24, 2.45) is 0 Å². The third-order valence-corrected chi connectivity index (χ3v) is 0.304. The van der Waals surface area contributed by atoms with Gasteiger partial charge in [-0.15, -0.1) is 0 Å². The van der Waals surface area contributed by atoms with E-state index in [0.29, 0.717) is 0 Å². The van der Waals surface area contributed by atoms with Crippen molar-refractivity contribution in [2.75, 3.05) is 0 Å². The minimum absolute atomic E-state index is 1.50. The maximum atomic E-state index is 8.44. The van der Waals surface area contributed by atoms with E-state index in [1.165, 1.54) is 6.08 Å². The molecule has 0 saturated carbocycles. The first kappa shape index (κ1) is 10.7. The van der Waals surface area contributed by atoms with Crippen LogP contribution in [0.3, 0.4) is 0 Å². The predicted molar refractivity (Wildman–Crippen MR) is 24.4 cm³/mol. The van der Waals surface area contributed by atoms with Crippen LogP contribution in [-0.4, -0.2) is 0 Å². The number of allylic oxidation sites excluding steroid dienone is 3. The van der Waals surface area contributed by atoms with E-state index in [1.54, 1.807) is 6.08 Å². The van der Waals surface area contributed by atoms with Gasteiger partial charge in [-0.05, 0) is 0 Å². The summed E-state index contributed by atoms with van der Waals surface area (Å²) in [6.45, 7) is 6.85. The molecule has 47 valence electrons. The molecule has 0 bridgehead atoms. The van der Waals surface area contributed by atoms with E-state index in [0.717, 1.165) is 0 Å². The van der Waals surface area contributed by atoms with Gasteiger partial charge < -0.3 is 0 Å². The van der Waals surface area contributed by atoms with Crippen molar-refractivity contribution in [2.45, 2.75) is 6.92 Å². The number of rotatable bonds is 1. The molecule has 0 aliphatic heterocycles. The first-order valence-electron chi connectivity index (χ1n) is 1.91. The molecular weight excluding hydrogens is 144 g/mol. The molecule has 0 fully saturated rings. The Labute approximate surface area is 55.8 Å². The van der Waals surface area contributed by atoms with Crippen molar-refractivity contribution in [1.29, 1.82) is 0 Å². The molecule has 2 nitrogen and oxygen atoms in total. The van der Waals surface area contributed by atoms with E-state index >= 15 is 0 Å². The van der Waals surface area contributed by atoms with Crippen LogP contribution in [0, 0.1) is 6.58 Å². The summed E-state index contributed by atoms with van der Waals surface area (Å²) >= 11 is -1.62. The van der Waals surface area contributed by atoms with Gasteiger partial charge in [0.15, 0.2) is 0 Å².